The van der Waals surface area contributed by atoms with Crippen molar-refractivity contribution in [2.24, 2.45) is 5.92 Å². The predicted octanol–water partition coefficient (Wildman–Crippen LogP) is 1.90. The lowest BCUT2D eigenvalue weighted by Crippen LogP contribution is -2.29. The highest BCUT2D eigenvalue weighted by molar-refractivity contribution is 7.99. The number of hydrogen-bond donors (Lipinski definition) is 1. The molecule has 1 amide bonds. The molecule has 0 radical (unpaired) electrons. The van der Waals surface area contributed by atoms with Gasteiger partial charge in [0.25, 0.3) is 0 Å². The summed E-state index contributed by atoms with van der Waals surface area (Å²) in [4.78, 5) is 11.2. The van der Waals surface area contributed by atoms with Gasteiger partial charge in [0.1, 0.15) is 0 Å². The van der Waals surface area contributed by atoms with Crippen molar-refractivity contribution in [3.05, 3.63) is 0 Å². The maximum absolute atomic E-state index is 11.2. The predicted molar refractivity (Wildman–Crippen MR) is 55.4 cm³/mol. The van der Waals surface area contributed by atoms with Crippen molar-refractivity contribution in [1.29, 1.82) is 0 Å². The Morgan fingerprint density at radius 1 is 1.42 bits per heavy atom. The average molecular weight is 189 g/mol. The van der Waals surface area contributed by atoms with Crippen LogP contribution in [0, 0.1) is 5.92 Å². The Morgan fingerprint density at radius 3 is 2.42 bits per heavy atom. The van der Waals surface area contributed by atoms with Crippen LogP contribution in [0.15, 0.2) is 0 Å². The van der Waals surface area contributed by atoms with Crippen LogP contribution in [0.5, 0.6) is 0 Å². The Balaban J connectivity index is 3.44. The molecule has 0 rings (SSSR count). The molecule has 0 aliphatic heterocycles. The van der Waals surface area contributed by atoms with Crippen LogP contribution in [-0.2, 0) is 4.79 Å². The fourth-order valence-corrected chi connectivity index (χ4v) is 1.03. The highest BCUT2D eigenvalue weighted by Gasteiger charge is 2.05. The van der Waals surface area contributed by atoms with Gasteiger partial charge in [0.2, 0.25) is 5.91 Å². The smallest absolute Gasteiger partial charge is 0.220 e. The summed E-state index contributed by atoms with van der Waals surface area (Å²) in [6.45, 7) is 7.00. The molecule has 12 heavy (non-hydrogen) atoms. The minimum Gasteiger partial charge on any atom is -0.355 e. The molecule has 1 N–H and O–H groups in total. The van der Waals surface area contributed by atoms with Crippen LogP contribution in [0.4, 0.5) is 0 Å². The minimum atomic E-state index is 0.172. The van der Waals surface area contributed by atoms with Gasteiger partial charge in [-0.2, -0.15) is 11.8 Å². The summed E-state index contributed by atoms with van der Waals surface area (Å²) in [5.74, 6) is 0.625. The van der Waals surface area contributed by atoms with Crippen LogP contribution in [0.2, 0.25) is 0 Å². The number of amides is 1. The van der Waals surface area contributed by atoms with E-state index in [-0.39, 0.29) is 5.91 Å². The quantitative estimate of drug-likeness (QED) is 0.715. The van der Waals surface area contributed by atoms with Crippen molar-refractivity contribution >= 4 is 17.7 Å². The monoisotopic (exact) mass is 189 g/mol. The lowest BCUT2D eigenvalue weighted by Gasteiger charge is -2.10. The summed E-state index contributed by atoms with van der Waals surface area (Å²) in [7, 11) is 0. The largest absolute Gasteiger partial charge is 0.355 e. The molecule has 0 aromatic heterocycles. The van der Waals surface area contributed by atoms with Gasteiger partial charge < -0.3 is 5.32 Å². The van der Waals surface area contributed by atoms with E-state index in [2.05, 4.69) is 32.3 Å². The highest BCUT2D eigenvalue weighted by Crippen LogP contribution is 2.03. The van der Waals surface area contributed by atoms with E-state index in [4.69, 9.17) is 0 Å². The van der Waals surface area contributed by atoms with Crippen molar-refractivity contribution in [2.75, 3.05) is 12.8 Å². The SMILES string of the molecule is CS[C@@H](C)CNC(=O)CC(C)C. The number of thioether (sulfide) groups is 1. The molecule has 0 saturated carbocycles. The zero-order chi connectivity index (χ0) is 9.56. The van der Waals surface area contributed by atoms with Gasteiger partial charge in [-0.3, -0.25) is 4.79 Å². The Labute approximate surface area is 79.5 Å². The molecule has 0 fully saturated rings. The van der Waals surface area contributed by atoms with Crippen LogP contribution < -0.4 is 5.32 Å². The molecule has 0 unspecified atom stereocenters. The van der Waals surface area contributed by atoms with Gasteiger partial charge >= 0.3 is 0 Å². The lowest BCUT2D eigenvalue weighted by atomic mass is 10.1. The van der Waals surface area contributed by atoms with E-state index in [1.54, 1.807) is 11.8 Å². The van der Waals surface area contributed by atoms with Gasteiger partial charge in [-0.1, -0.05) is 20.8 Å². The number of carbonyl (C=O) groups is 1. The Morgan fingerprint density at radius 2 is 2.00 bits per heavy atom. The van der Waals surface area contributed by atoms with Crippen LogP contribution in [0.3, 0.4) is 0 Å². The van der Waals surface area contributed by atoms with E-state index in [9.17, 15) is 4.79 Å². The average Bonchev–Trinajstić information content (AvgIpc) is 1.99. The van der Waals surface area contributed by atoms with Crippen molar-refractivity contribution in [3.63, 3.8) is 0 Å². The van der Waals surface area contributed by atoms with E-state index < -0.39 is 0 Å². The molecular weight excluding hydrogens is 170 g/mol. The summed E-state index contributed by atoms with van der Waals surface area (Å²) >= 11 is 1.77. The third-order valence-electron chi connectivity index (χ3n) is 1.58. The molecule has 72 valence electrons. The Bertz CT molecular complexity index is 136. The summed E-state index contributed by atoms with van der Waals surface area (Å²) in [5.41, 5.74) is 0. The number of carbonyl (C=O) groups excluding carboxylic acids is 1. The molecule has 0 saturated heterocycles. The topological polar surface area (TPSA) is 29.1 Å². The zero-order valence-electron chi connectivity index (χ0n) is 8.39. The first-order valence-electron chi connectivity index (χ1n) is 4.35. The highest BCUT2D eigenvalue weighted by atomic mass is 32.2. The van der Waals surface area contributed by atoms with Gasteiger partial charge in [-0.05, 0) is 12.2 Å². The van der Waals surface area contributed by atoms with Crippen molar-refractivity contribution in [2.45, 2.75) is 32.4 Å². The third-order valence-corrected chi connectivity index (χ3v) is 2.55. The lowest BCUT2D eigenvalue weighted by molar-refractivity contribution is -0.121. The summed E-state index contributed by atoms with van der Waals surface area (Å²) in [6.07, 6.45) is 2.69. The van der Waals surface area contributed by atoms with E-state index >= 15 is 0 Å². The van der Waals surface area contributed by atoms with Crippen LogP contribution in [0.25, 0.3) is 0 Å². The Kier molecular flexibility index (Phi) is 6.25. The van der Waals surface area contributed by atoms with E-state index in [0.29, 0.717) is 17.6 Å². The molecule has 0 aliphatic carbocycles. The van der Waals surface area contributed by atoms with Gasteiger partial charge in [0, 0.05) is 18.2 Å². The van der Waals surface area contributed by atoms with Crippen molar-refractivity contribution in [3.8, 4) is 0 Å². The molecule has 0 aromatic rings. The van der Waals surface area contributed by atoms with E-state index in [0.717, 1.165) is 6.54 Å². The molecule has 2 nitrogen and oxygen atoms in total. The van der Waals surface area contributed by atoms with Crippen LogP contribution in [0.1, 0.15) is 27.2 Å². The molecule has 0 spiro atoms. The summed E-state index contributed by atoms with van der Waals surface area (Å²) in [6, 6.07) is 0. The van der Waals surface area contributed by atoms with Crippen LogP contribution in [-0.4, -0.2) is 24.0 Å². The summed E-state index contributed by atoms with van der Waals surface area (Å²) in [5, 5.41) is 3.42. The molecular formula is C9H19NOS. The van der Waals surface area contributed by atoms with Gasteiger partial charge in [0.05, 0.1) is 0 Å². The van der Waals surface area contributed by atoms with Gasteiger partial charge in [-0.15, -0.1) is 0 Å². The summed E-state index contributed by atoms with van der Waals surface area (Å²) < 4.78 is 0. The minimum absolute atomic E-state index is 0.172. The standard InChI is InChI=1S/C9H19NOS/c1-7(2)5-9(11)10-6-8(3)12-4/h7-8H,5-6H2,1-4H3,(H,10,11)/t8-/m0/s1. The second-order valence-electron chi connectivity index (χ2n) is 3.45. The first-order chi connectivity index (χ1) is 5.56. The number of nitrogens with one attached hydrogen (secondary N) is 1. The van der Waals surface area contributed by atoms with Crippen molar-refractivity contribution < 1.29 is 4.79 Å². The van der Waals surface area contributed by atoms with E-state index in [1.165, 1.54) is 0 Å². The molecule has 0 heterocycles. The third kappa shape index (κ3) is 6.53. The van der Waals surface area contributed by atoms with Gasteiger partial charge in [-0.25, -0.2) is 0 Å². The first kappa shape index (κ1) is 11.8. The maximum atomic E-state index is 11.2. The molecule has 3 heteroatoms. The van der Waals surface area contributed by atoms with Gasteiger partial charge in [0.15, 0.2) is 0 Å². The molecule has 0 bridgehead atoms. The van der Waals surface area contributed by atoms with Crippen LogP contribution >= 0.6 is 11.8 Å². The van der Waals surface area contributed by atoms with E-state index in [1.807, 2.05) is 0 Å². The number of rotatable bonds is 5. The fraction of sp³-hybridized carbons (Fsp3) is 0.889. The Hall–Kier alpha value is -0.180. The van der Waals surface area contributed by atoms with Crippen molar-refractivity contribution in [1.82, 2.24) is 5.32 Å². The normalized spacial score (nSPS) is 13.1. The second-order valence-corrected chi connectivity index (χ2v) is 4.72. The maximum Gasteiger partial charge on any atom is 0.220 e. The molecule has 1 atom stereocenters. The molecule has 0 aromatic carbocycles. The zero-order valence-corrected chi connectivity index (χ0v) is 9.20. The fourth-order valence-electron chi connectivity index (χ4n) is 0.784. The number of hydrogen-bond acceptors (Lipinski definition) is 2. The first-order valence-corrected chi connectivity index (χ1v) is 5.64. The molecule has 0 aliphatic rings. The second kappa shape index (κ2) is 6.35.